The number of nitrogens with one attached hydrogen (secondary N) is 1. The molecule has 162 valence electrons. The molecule has 32 heavy (non-hydrogen) atoms. The number of nitrogens with zero attached hydrogens (tertiary/aromatic N) is 3. The molecule has 1 aromatic heterocycles. The van der Waals surface area contributed by atoms with Crippen molar-refractivity contribution in [2.24, 2.45) is 0 Å². The van der Waals surface area contributed by atoms with Gasteiger partial charge < -0.3 is 10.2 Å². The summed E-state index contributed by atoms with van der Waals surface area (Å²) in [5, 5.41) is 3.11. The van der Waals surface area contributed by atoms with E-state index >= 15 is 0 Å². The monoisotopic (exact) mass is 426 g/mol. The highest BCUT2D eigenvalue weighted by Gasteiger charge is 2.39. The van der Waals surface area contributed by atoms with Gasteiger partial charge in [0, 0.05) is 55.4 Å². The van der Waals surface area contributed by atoms with Crippen molar-refractivity contribution in [2.75, 3.05) is 18.0 Å². The van der Waals surface area contributed by atoms with Gasteiger partial charge in [-0.15, -0.1) is 0 Å². The molecule has 2 amide bonds. The van der Waals surface area contributed by atoms with Gasteiger partial charge in [-0.2, -0.15) is 0 Å². The van der Waals surface area contributed by atoms with Crippen LogP contribution in [0.2, 0.25) is 0 Å². The first-order valence-electron chi connectivity index (χ1n) is 11.1. The maximum absolute atomic E-state index is 13.4. The molecule has 6 nitrogen and oxygen atoms in total. The Morgan fingerprint density at radius 3 is 2.53 bits per heavy atom. The number of rotatable bonds is 4. The van der Waals surface area contributed by atoms with Gasteiger partial charge in [-0.1, -0.05) is 36.4 Å². The number of amides is 2. The van der Waals surface area contributed by atoms with Crippen molar-refractivity contribution in [3.8, 4) is 0 Å². The van der Waals surface area contributed by atoms with Gasteiger partial charge in [0.15, 0.2) is 0 Å². The Bertz CT molecular complexity index is 1100. The van der Waals surface area contributed by atoms with Gasteiger partial charge in [-0.05, 0) is 48.7 Å². The maximum Gasteiger partial charge on any atom is 0.259 e. The lowest BCUT2D eigenvalue weighted by Crippen LogP contribution is -2.45. The number of aromatic nitrogens is 1. The summed E-state index contributed by atoms with van der Waals surface area (Å²) >= 11 is 0. The lowest BCUT2D eigenvalue weighted by molar-refractivity contribution is 0.0934. The third-order valence-electron chi connectivity index (χ3n) is 6.49. The van der Waals surface area contributed by atoms with E-state index in [4.69, 9.17) is 0 Å². The Balaban J connectivity index is 1.35. The first kappa shape index (κ1) is 20.4. The molecule has 0 radical (unpaired) electrons. The Hall–Kier alpha value is -3.51. The second kappa shape index (κ2) is 8.93. The van der Waals surface area contributed by atoms with Crippen LogP contribution in [0.25, 0.3) is 0 Å². The molecule has 0 saturated carbocycles. The number of benzene rings is 2. The molecular formula is C26H26N4O2. The van der Waals surface area contributed by atoms with Gasteiger partial charge in [0.2, 0.25) is 0 Å². The van der Waals surface area contributed by atoms with Gasteiger partial charge in [0.05, 0.1) is 5.56 Å². The number of para-hydroxylation sites is 1. The van der Waals surface area contributed by atoms with E-state index < -0.39 is 0 Å². The first-order valence-corrected chi connectivity index (χ1v) is 11.1. The summed E-state index contributed by atoms with van der Waals surface area (Å²) in [6.45, 7) is 2.00. The molecule has 0 aliphatic carbocycles. The molecule has 2 atom stereocenters. The van der Waals surface area contributed by atoms with Crippen LogP contribution in [0.4, 0.5) is 5.69 Å². The van der Waals surface area contributed by atoms with Gasteiger partial charge in [0.25, 0.3) is 11.8 Å². The Morgan fingerprint density at radius 1 is 0.938 bits per heavy atom. The third kappa shape index (κ3) is 4.01. The summed E-state index contributed by atoms with van der Waals surface area (Å²) in [5.74, 6) is -0.0640. The second-order valence-electron chi connectivity index (χ2n) is 8.42. The standard InChI is InChI=1S/C26H26N4O2/c31-25(19-7-2-1-3-8-19)28-16-22-12-13-23-18-30(26(32)20-10-6-14-27-15-20)24-11-5-4-9-21(24)17-29(22)23/h1-11,14-15,22-23H,12-13,16-18H2,(H,28,31). The summed E-state index contributed by atoms with van der Waals surface area (Å²) in [7, 11) is 0. The third-order valence-corrected chi connectivity index (χ3v) is 6.49. The molecule has 2 aromatic carbocycles. The number of anilines is 1. The minimum atomic E-state index is -0.0438. The van der Waals surface area contributed by atoms with Crippen LogP contribution in [-0.4, -0.2) is 46.9 Å². The normalized spacial score (nSPS) is 20.2. The van der Waals surface area contributed by atoms with Crippen LogP contribution in [0.5, 0.6) is 0 Å². The molecule has 3 heterocycles. The average molecular weight is 427 g/mol. The van der Waals surface area contributed by atoms with Crippen molar-refractivity contribution >= 4 is 17.5 Å². The van der Waals surface area contributed by atoms with Crippen molar-refractivity contribution in [1.82, 2.24) is 15.2 Å². The zero-order chi connectivity index (χ0) is 21.9. The van der Waals surface area contributed by atoms with Crippen molar-refractivity contribution in [3.05, 3.63) is 95.8 Å². The molecule has 3 aromatic rings. The smallest absolute Gasteiger partial charge is 0.259 e. The van der Waals surface area contributed by atoms with Gasteiger partial charge in [0.1, 0.15) is 0 Å². The molecule has 1 saturated heterocycles. The zero-order valence-corrected chi connectivity index (χ0v) is 17.9. The Labute approximate surface area is 187 Å². The number of hydrogen-bond donors (Lipinski definition) is 1. The van der Waals surface area contributed by atoms with Crippen molar-refractivity contribution < 1.29 is 9.59 Å². The minimum Gasteiger partial charge on any atom is -0.350 e. The van der Waals surface area contributed by atoms with Crippen LogP contribution in [0.3, 0.4) is 0 Å². The van der Waals surface area contributed by atoms with Gasteiger partial charge in [-0.25, -0.2) is 0 Å². The van der Waals surface area contributed by atoms with E-state index in [1.165, 1.54) is 0 Å². The second-order valence-corrected chi connectivity index (χ2v) is 8.42. The van der Waals surface area contributed by atoms with E-state index in [1.54, 1.807) is 18.5 Å². The highest BCUT2D eigenvalue weighted by atomic mass is 16.2. The predicted octanol–water partition coefficient (Wildman–Crippen LogP) is 3.51. The summed E-state index contributed by atoms with van der Waals surface area (Å²) < 4.78 is 0. The number of carbonyl (C=O) groups excluding carboxylic acids is 2. The topological polar surface area (TPSA) is 65.5 Å². The molecule has 0 spiro atoms. The molecule has 2 aliphatic heterocycles. The Kier molecular flexibility index (Phi) is 5.69. The molecule has 5 rings (SSSR count). The van der Waals surface area contributed by atoms with Crippen LogP contribution in [0.15, 0.2) is 79.1 Å². The molecule has 0 bridgehead atoms. The number of carbonyl (C=O) groups is 2. The Morgan fingerprint density at radius 2 is 1.72 bits per heavy atom. The summed E-state index contributed by atoms with van der Waals surface area (Å²) in [6, 6.07) is 21.6. The highest BCUT2D eigenvalue weighted by Crippen LogP contribution is 2.35. The zero-order valence-electron chi connectivity index (χ0n) is 17.9. The van der Waals surface area contributed by atoms with Crippen LogP contribution in [0, 0.1) is 0 Å². The minimum absolute atomic E-state index is 0.0202. The van der Waals surface area contributed by atoms with Crippen LogP contribution >= 0.6 is 0 Å². The highest BCUT2D eigenvalue weighted by molar-refractivity contribution is 6.06. The number of hydrogen-bond acceptors (Lipinski definition) is 4. The van der Waals surface area contributed by atoms with Crippen LogP contribution < -0.4 is 10.2 Å². The quantitative estimate of drug-likeness (QED) is 0.694. The van der Waals surface area contributed by atoms with E-state index in [9.17, 15) is 9.59 Å². The van der Waals surface area contributed by atoms with Crippen molar-refractivity contribution in [2.45, 2.75) is 31.5 Å². The predicted molar refractivity (Wildman–Crippen MR) is 123 cm³/mol. The van der Waals surface area contributed by atoms with Crippen LogP contribution in [0.1, 0.15) is 39.1 Å². The number of fused-ring (bicyclic) bond motifs is 2. The maximum atomic E-state index is 13.4. The molecule has 2 unspecified atom stereocenters. The van der Waals surface area contributed by atoms with Gasteiger partial charge >= 0.3 is 0 Å². The summed E-state index contributed by atoms with van der Waals surface area (Å²) in [4.78, 5) is 34.4. The fraction of sp³-hybridized carbons (Fsp3) is 0.269. The lowest BCUT2D eigenvalue weighted by atomic mass is 10.1. The average Bonchev–Trinajstić information content (AvgIpc) is 3.14. The summed E-state index contributed by atoms with van der Waals surface area (Å²) in [6.07, 6.45) is 5.30. The van der Waals surface area contributed by atoms with Crippen molar-refractivity contribution in [3.63, 3.8) is 0 Å². The van der Waals surface area contributed by atoms with E-state index in [2.05, 4.69) is 21.3 Å². The fourth-order valence-corrected chi connectivity index (χ4v) is 4.84. The SMILES string of the molecule is O=C(NCC1CCC2CN(C(=O)c3cccnc3)c3ccccc3CN12)c1ccccc1. The molecule has 6 heteroatoms. The van der Waals surface area contributed by atoms with E-state index in [1.807, 2.05) is 59.5 Å². The van der Waals surface area contributed by atoms with Gasteiger partial charge in [-0.3, -0.25) is 19.5 Å². The van der Waals surface area contributed by atoms with E-state index in [0.29, 0.717) is 24.2 Å². The lowest BCUT2D eigenvalue weighted by Gasteiger charge is -2.29. The molecular weight excluding hydrogens is 400 g/mol. The van der Waals surface area contributed by atoms with Crippen molar-refractivity contribution in [1.29, 1.82) is 0 Å². The largest absolute Gasteiger partial charge is 0.350 e. The first-order chi connectivity index (χ1) is 15.7. The van der Waals surface area contributed by atoms with Crippen LogP contribution in [-0.2, 0) is 6.54 Å². The molecule has 2 aliphatic rings. The molecule has 1 N–H and O–H groups in total. The number of pyridine rings is 1. The molecule has 1 fully saturated rings. The van der Waals surface area contributed by atoms with E-state index in [0.717, 1.165) is 30.6 Å². The summed E-state index contributed by atoms with van der Waals surface area (Å²) in [5.41, 5.74) is 3.37. The fourth-order valence-electron chi connectivity index (χ4n) is 4.84. The van der Waals surface area contributed by atoms with E-state index in [-0.39, 0.29) is 23.9 Å².